The molecule has 0 saturated heterocycles. The molecule has 0 amide bonds. The van der Waals surface area contributed by atoms with Crippen molar-refractivity contribution in [3.05, 3.63) is 237 Å². The van der Waals surface area contributed by atoms with Gasteiger partial charge in [-0.05, 0) is 109 Å². The highest BCUT2D eigenvalue weighted by Crippen LogP contribution is 2.50. The molecule has 0 saturated carbocycles. The van der Waals surface area contributed by atoms with Crippen molar-refractivity contribution in [2.24, 2.45) is 0 Å². The largest absolute Gasteiger partial charge is 0.310 e. The van der Waals surface area contributed by atoms with Crippen LogP contribution in [-0.2, 0) is 0 Å². The number of thiophene rings is 2. The van der Waals surface area contributed by atoms with E-state index in [-0.39, 0.29) is 0 Å². The Kier molecular flexibility index (Phi) is 8.97. The SMILES string of the molecule is c1ccc(-c2cccc3sc4ccccc4c23)c(-c2ccc(N(c3ccc(-c4cccc5ccccc45)cc3)c3ccc(-c4cccc5ccccc45)c4sc5ccccc5c34)cc2)c1. The quantitative estimate of drug-likeness (QED) is 0.154. The Morgan fingerprint density at radius 2 is 0.723 bits per heavy atom. The third-order valence-electron chi connectivity index (χ3n) is 13.1. The Balaban J connectivity index is 0.997. The van der Waals surface area contributed by atoms with Gasteiger partial charge in [0, 0.05) is 57.3 Å². The van der Waals surface area contributed by atoms with Gasteiger partial charge in [0.1, 0.15) is 0 Å². The molecule has 65 heavy (non-hydrogen) atoms. The molecule has 304 valence electrons. The first-order valence-corrected chi connectivity index (χ1v) is 23.8. The summed E-state index contributed by atoms with van der Waals surface area (Å²) in [6.07, 6.45) is 0. The Morgan fingerprint density at radius 1 is 0.262 bits per heavy atom. The fourth-order valence-electron chi connectivity index (χ4n) is 10.1. The molecule has 0 spiro atoms. The highest BCUT2D eigenvalue weighted by molar-refractivity contribution is 7.26. The fraction of sp³-hybridized carbons (Fsp3) is 0. The molecular formula is C62H39NS2. The molecular weight excluding hydrogens is 823 g/mol. The first kappa shape index (κ1) is 37.7. The molecule has 3 heteroatoms. The monoisotopic (exact) mass is 861 g/mol. The number of anilines is 3. The molecule has 13 rings (SSSR count). The van der Waals surface area contributed by atoms with Gasteiger partial charge in [0.15, 0.2) is 0 Å². The standard InChI is InChI=1S/C62H39NS2/c1-3-18-46-40(14-1)16-11-24-47(46)42-30-34-44(35-31-42)63(56-39-38-53(51-25-12-17-41-15-2-4-19-48(41)51)62-61(56)55-23-8-10-28-58(55)65-62)45-36-32-43(33-37-45)49-20-5-6-21-50(49)52-26-13-29-59-60(52)54-22-7-9-27-57(54)64-59/h1-39H. The number of hydrogen-bond acceptors (Lipinski definition) is 3. The maximum atomic E-state index is 2.47. The number of benzene rings is 11. The second kappa shape index (κ2) is 15.5. The van der Waals surface area contributed by atoms with E-state index >= 15 is 0 Å². The van der Waals surface area contributed by atoms with E-state index in [0.717, 1.165) is 17.1 Å². The topological polar surface area (TPSA) is 3.24 Å². The lowest BCUT2D eigenvalue weighted by Gasteiger charge is -2.27. The first-order valence-electron chi connectivity index (χ1n) is 22.2. The summed E-state index contributed by atoms with van der Waals surface area (Å²) in [5, 5.41) is 10.2. The minimum Gasteiger partial charge on any atom is -0.310 e. The molecule has 0 aliphatic carbocycles. The van der Waals surface area contributed by atoms with E-state index in [1.807, 2.05) is 22.7 Å². The van der Waals surface area contributed by atoms with Crippen molar-refractivity contribution in [1.82, 2.24) is 0 Å². The van der Waals surface area contributed by atoms with E-state index in [4.69, 9.17) is 0 Å². The van der Waals surface area contributed by atoms with Gasteiger partial charge in [-0.15, -0.1) is 22.7 Å². The van der Waals surface area contributed by atoms with Crippen LogP contribution in [0.25, 0.3) is 106 Å². The van der Waals surface area contributed by atoms with Crippen molar-refractivity contribution in [2.45, 2.75) is 0 Å². The molecule has 0 aliphatic heterocycles. The summed E-state index contributed by atoms with van der Waals surface area (Å²) in [5.74, 6) is 0. The van der Waals surface area contributed by atoms with Gasteiger partial charge in [-0.1, -0.05) is 188 Å². The molecule has 1 nitrogen and oxygen atoms in total. The molecule has 0 fully saturated rings. The molecule has 0 atom stereocenters. The smallest absolute Gasteiger partial charge is 0.0555 e. The van der Waals surface area contributed by atoms with Crippen LogP contribution in [0, 0.1) is 0 Å². The lowest BCUT2D eigenvalue weighted by atomic mass is 9.92. The molecule has 0 N–H and O–H groups in total. The van der Waals surface area contributed by atoms with Crippen molar-refractivity contribution in [3.8, 4) is 44.5 Å². The highest BCUT2D eigenvalue weighted by atomic mass is 32.1. The second-order valence-corrected chi connectivity index (χ2v) is 18.9. The minimum absolute atomic E-state index is 1.10. The zero-order chi connectivity index (χ0) is 42.8. The molecule has 11 aromatic carbocycles. The van der Waals surface area contributed by atoms with Crippen LogP contribution >= 0.6 is 22.7 Å². The normalized spacial score (nSPS) is 11.7. The molecule has 0 aliphatic rings. The van der Waals surface area contributed by atoms with E-state index in [0.29, 0.717) is 0 Å². The molecule has 2 heterocycles. The summed E-state index contributed by atoms with van der Waals surface area (Å²) < 4.78 is 5.20. The van der Waals surface area contributed by atoms with Crippen LogP contribution in [0.15, 0.2) is 237 Å². The Labute approximate surface area is 385 Å². The van der Waals surface area contributed by atoms with E-state index in [2.05, 4.69) is 241 Å². The van der Waals surface area contributed by atoms with Gasteiger partial charge in [0.05, 0.1) is 5.69 Å². The van der Waals surface area contributed by atoms with Crippen LogP contribution < -0.4 is 4.90 Å². The minimum atomic E-state index is 1.10. The van der Waals surface area contributed by atoms with Crippen LogP contribution in [0.3, 0.4) is 0 Å². The molecule has 0 radical (unpaired) electrons. The van der Waals surface area contributed by atoms with E-state index in [1.165, 1.54) is 106 Å². The lowest BCUT2D eigenvalue weighted by molar-refractivity contribution is 1.30. The van der Waals surface area contributed by atoms with Gasteiger partial charge in [0.2, 0.25) is 0 Å². The number of nitrogens with zero attached hydrogens (tertiary/aromatic N) is 1. The zero-order valence-corrected chi connectivity index (χ0v) is 36.9. The Morgan fingerprint density at radius 3 is 1.42 bits per heavy atom. The zero-order valence-electron chi connectivity index (χ0n) is 35.3. The summed E-state index contributed by atoms with van der Waals surface area (Å²) in [4.78, 5) is 2.47. The average molecular weight is 862 g/mol. The predicted octanol–water partition coefficient (Wildman–Crippen LogP) is 18.9. The van der Waals surface area contributed by atoms with E-state index < -0.39 is 0 Å². The van der Waals surface area contributed by atoms with Gasteiger partial charge < -0.3 is 4.90 Å². The molecule has 13 aromatic rings. The average Bonchev–Trinajstić information content (AvgIpc) is 3.96. The Hall–Kier alpha value is -7.82. The van der Waals surface area contributed by atoms with E-state index in [1.54, 1.807) is 0 Å². The van der Waals surface area contributed by atoms with Crippen molar-refractivity contribution >= 4 is 102 Å². The van der Waals surface area contributed by atoms with Crippen LogP contribution in [-0.4, -0.2) is 0 Å². The summed E-state index contributed by atoms with van der Waals surface area (Å²) in [7, 11) is 0. The van der Waals surface area contributed by atoms with Crippen molar-refractivity contribution in [1.29, 1.82) is 0 Å². The number of fused-ring (bicyclic) bond motifs is 8. The van der Waals surface area contributed by atoms with Crippen molar-refractivity contribution < 1.29 is 0 Å². The van der Waals surface area contributed by atoms with Crippen molar-refractivity contribution in [2.75, 3.05) is 4.90 Å². The maximum Gasteiger partial charge on any atom is 0.0555 e. The third kappa shape index (κ3) is 6.27. The summed E-state index contributed by atoms with van der Waals surface area (Å²) >= 11 is 3.76. The van der Waals surface area contributed by atoms with Gasteiger partial charge in [0.25, 0.3) is 0 Å². The van der Waals surface area contributed by atoms with Crippen LogP contribution in [0.2, 0.25) is 0 Å². The lowest BCUT2D eigenvalue weighted by Crippen LogP contribution is -2.10. The number of rotatable bonds is 7. The van der Waals surface area contributed by atoms with Crippen LogP contribution in [0.5, 0.6) is 0 Å². The van der Waals surface area contributed by atoms with E-state index in [9.17, 15) is 0 Å². The first-order chi connectivity index (χ1) is 32.2. The molecule has 0 unspecified atom stereocenters. The highest BCUT2D eigenvalue weighted by Gasteiger charge is 2.23. The predicted molar refractivity (Wildman–Crippen MR) is 284 cm³/mol. The number of hydrogen-bond donors (Lipinski definition) is 0. The summed E-state index contributed by atoms with van der Waals surface area (Å²) in [6.45, 7) is 0. The maximum absolute atomic E-state index is 2.47. The van der Waals surface area contributed by atoms with Crippen LogP contribution in [0.4, 0.5) is 17.1 Å². The van der Waals surface area contributed by atoms with Gasteiger partial charge in [-0.25, -0.2) is 0 Å². The van der Waals surface area contributed by atoms with Gasteiger partial charge >= 0.3 is 0 Å². The molecule has 0 bridgehead atoms. The van der Waals surface area contributed by atoms with Gasteiger partial charge in [-0.2, -0.15) is 0 Å². The molecule has 2 aromatic heterocycles. The van der Waals surface area contributed by atoms with Crippen molar-refractivity contribution in [3.63, 3.8) is 0 Å². The fourth-order valence-corrected chi connectivity index (χ4v) is 12.5. The second-order valence-electron chi connectivity index (χ2n) is 16.7. The third-order valence-corrected chi connectivity index (χ3v) is 15.4. The summed E-state index contributed by atoms with van der Waals surface area (Å²) in [6, 6.07) is 87.2. The van der Waals surface area contributed by atoms with Crippen LogP contribution in [0.1, 0.15) is 0 Å². The van der Waals surface area contributed by atoms with Gasteiger partial charge in [-0.3, -0.25) is 0 Å². The summed E-state index contributed by atoms with van der Waals surface area (Å²) in [5.41, 5.74) is 13.2. The Bertz CT molecular complexity index is 3940.